The van der Waals surface area contributed by atoms with Gasteiger partial charge in [-0.05, 0) is 83.5 Å². The number of anilines is 2. The van der Waals surface area contributed by atoms with Crippen LogP contribution in [0.4, 0.5) is 11.4 Å². The smallest absolute Gasteiger partial charge is 0.271 e. The number of benzene rings is 3. The average Bonchev–Trinajstić information content (AvgIpc) is 3.27. The molecule has 202 valence electrons. The van der Waals surface area contributed by atoms with Crippen LogP contribution >= 0.6 is 11.3 Å². The van der Waals surface area contributed by atoms with E-state index in [0.29, 0.717) is 4.53 Å². The molecule has 0 bridgehead atoms. The van der Waals surface area contributed by atoms with E-state index in [1.165, 1.54) is 33.7 Å². The maximum absolute atomic E-state index is 13.9. The molecule has 2 heterocycles. The van der Waals surface area contributed by atoms with E-state index in [4.69, 9.17) is 4.99 Å². The third-order valence-corrected chi connectivity index (χ3v) is 8.69. The summed E-state index contributed by atoms with van der Waals surface area (Å²) in [5.41, 5.74) is 9.19. The molecule has 0 radical (unpaired) electrons. The second kappa shape index (κ2) is 10.8. The Balaban J connectivity index is 1.53. The third kappa shape index (κ3) is 4.95. The molecule has 0 amide bonds. The molecule has 4 aromatic rings. The molecular formula is C34H34N4OS. The van der Waals surface area contributed by atoms with Crippen LogP contribution < -0.4 is 24.7 Å². The number of hydrogen-bond acceptors (Lipinski definition) is 5. The monoisotopic (exact) mass is 546 g/mol. The quantitative estimate of drug-likeness (QED) is 0.327. The van der Waals surface area contributed by atoms with Crippen LogP contribution in [0, 0.1) is 0 Å². The maximum Gasteiger partial charge on any atom is 0.271 e. The van der Waals surface area contributed by atoms with E-state index in [9.17, 15) is 4.79 Å². The van der Waals surface area contributed by atoms with Gasteiger partial charge in [-0.3, -0.25) is 9.36 Å². The van der Waals surface area contributed by atoms with Crippen LogP contribution in [0.15, 0.2) is 105 Å². The molecule has 1 atom stereocenters. The summed E-state index contributed by atoms with van der Waals surface area (Å²) in [6.07, 6.45) is 7.21. The number of rotatable bonds is 5. The van der Waals surface area contributed by atoms with Crippen LogP contribution in [0.3, 0.4) is 0 Å². The van der Waals surface area contributed by atoms with Gasteiger partial charge in [-0.2, -0.15) is 0 Å². The largest absolute Gasteiger partial charge is 0.378 e. The van der Waals surface area contributed by atoms with Crippen molar-refractivity contribution >= 4 is 34.9 Å². The summed E-state index contributed by atoms with van der Waals surface area (Å²) < 4.78 is 2.64. The first-order chi connectivity index (χ1) is 19.4. The average molecular weight is 547 g/mol. The first-order valence-electron chi connectivity index (χ1n) is 13.7. The number of allylic oxidation sites excluding steroid dienone is 2. The van der Waals surface area contributed by atoms with Crippen molar-refractivity contribution in [1.29, 1.82) is 0 Å². The molecule has 1 aromatic heterocycles. The number of thiazole rings is 1. The zero-order valence-corrected chi connectivity index (χ0v) is 24.3. The number of hydrogen-bond donors (Lipinski definition) is 0. The van der Waals surface area contributed by atoms with Crippen LogP contribution in [-0.4, -0.2) is 32.8 Å². The van der Waals surface area contributed by atoms with Gasteiger partial charge in [-0.15, -0.1) is 0 Å². The minimum absolute atomic E-state index is 0.0243. The van der Waals surface area contributed by atoms with Crippen molar-refractivity contribution in [2.45, 2.75) is 25.3 Å². The number of aromatic nitrogens is 1. The zero-order chi connectivity index (χ0) is 27.8. The van der Waals surface area contributed by atoms with Crippen molar-refractivity contribution < 1.29 is 0 Å². The Morgan fingerprint density at radius 3 is 2.08 bits per heavy atom. The van der Waals surface area contributed by atoms with Gasteiger partial charge >= 0.3 is 0 Å². The van der Waals surface area contributed by atoms with Crippen LogP contribution in [0.1, 0.15) is 42.0 Å². The maximum atomic E-state index is 13.9. The molecule has 1 unspecified atom stereocenters. The molecule has 5 nitrogen and oxygen atoms in total. The summed E-state index contributed by atoms with van der Waals surface area (Å²) in [5.74, 6) is 0. The van der Waals surface area contributed by atoms with E-state index in [0.717, 1.165) is 46.6 Å². The van der Waals surface area contributed by atoms with Crippen LogP contribution in [0.5, 0.6) is 0 Å². The molecule has 6 rings (SSSR count). The van der Waals surface area contributed by atoms with Gasteiger partial charge in [-0.25, -0.2) is 4.99 Å². The van der Waals surface area contributed by atoms with Crippen molar-refractivity contribution in [2.24, 2.45) is 4.99 Å². The van der Waals surface area contributed by atoms with Crippen molar-refractivity contribution in [3.63, 3.8) is 0 Å². The fourth-order valence-corrected chi connectivity index (χ4v) is 6.58. The number of fused-ring (bicyclic) bond motifs is 1. The Morgan fingerprint density at radius 1 is 0.800 bits per heavy atom. The topological polar surface area (TPSA) is 40.8 Å². The fraction of sp³-hybridized carbons (Fsp3) is 0.235. The molecular weight excluding hydrogens is 512 g/mol. The summed E-state index contributed by atoms with van der Waals surface area (Å²) in [6, 6.07) is 27.2. The lowest BCUT2D eigenvalue weighted by Crippen LogP contribution is -2.39. The molecule has 0 spiro atoms. The Bertz CT molecular complexity index is 1770. The lowest BCUT2D eigenvalue weighted by Gasteiger charge is -2.31. The highest BCUT2D eigenvalue weighted by Gasteiger charge is 2.32. The van der Waals surface area contributed by atoms with Crippen molar-refractivity contribution in [2.75, 3.05) is 38.0 Å². The predicted octanol–water partition coefficient (Wildman–Crippen LogP) is 5.61. The van der Waals surface area contributed by atoms with Gasteiger partial charge in [0.2, 0.25) is 0 Å². The minimum atomic E-state index is -0.166. The predicted molar refractivity (Wildman–Crippen MR) is 168 cm³/mol. The highest BCUT2D eigenvalue weighted by atomic mass is 32.1. The Kier molecular flexibility index (Phi) is 7.03. The molecule has 6 heteroatoms. The highest BCUT2D eigenvalue weighted by molar-refractivity contribution is 7.07. The second-order valence-electron chi connectivity index (χ2n) is 10.9. The molecule has 2 aliphatic rings. The lowest BCUT2D eigenvalue weighted by atomic mass is 9.83. The lowest BCUT2D eigenvalue weighted by molar-refractivity contribution is 0.553. The van der Waals surface area contributed by atoms with Gasteiger partial charge in [0, 0.05) is 39.6 Å². The Labute approximate surface area is 239 Å². The van der Waals surface area contributed by atoms with Gasteiger partial charge in [0.1, 0.15) is 0 Å². The Hall–Kier alpha value is -4.16. The molecule has 0 fully saturated rings. The highest BCUT2D eigenvalue weighted by Crippen LogP contribution is 2.41. The van der Waals surface area contributed by atoms with Crippen molar-refractivity contribution in [3.8, 4) is 0 Å². The molecule has 0 saturated heterocycles. The SMILES string of the molecule is CN(C)c1ccc(/C=C2\CCCC3=C2N=c2s/c(=C\c4ccccc4)c(=O)n2C3c2ccc(N(C)C)cc2)cc1. The van der Waals surface area contributed by atoms with Gasteiger partial charge in [0.25, 0.3) is 5.56 Å². The summed E-state index contributed by atoms with van der Waals surface area (Å²) in [4.78, 5) is 24.1. The molecule has 3 aromatic carbocycles. The summed E-state index contributed by atoms with van der Waals surface area (Å²) in [6.45, 7) is 0. The summed E-state index contributed by atoms with van der Waals surface area (Å²) >= 11 is 1.49. The molecule has 40 heavy (non-hydrogen) atoms. The summed E-state index contributed by atoms with van der Waals surface area (Å²) in [5, 5.41) is 0. The van der Waals surface area contributed by atoms with E-state index < -0.39 is 0 Å². The molecule has 0 N–H and O–H groups in total. The first-order valence-corrected chi connectivity index (χ1v) is 14.6. The first kappa shape index (κ1) is 26.1. The van der Waals surface area contributed by atoms with E-state index >= 15 is 0 Å². The van der Waals surface area contributed by atoms with Crippen LogP contribution in [-0.2, 0) is 0 Å². The van der Waals surface area contributed by atoms with Crippen molar-refractivity contribution in [3.05, 3.63) is 132 Å². The normalized spacial score (nSPS) is 17.9. The molecule has 1 aliphatic heterocycles. The van der Waals surface area contributed by atoms with E-state index in [2.05, 4.69) is 78.5 Å². The van der Waals surface area contributed by atoms with Crippen LogP contribution in [0.2, 0.25) is 0 Å². The second-order valence-corrected chi connectivity index (χ2v) is 11.9. The van der Waals surface area contributed by atoms with Gasteiger partial charge in [0.15, 0.2) is 4.80 Å². The molecule has 1 aliphatic carbocycles. The van der Waals surface area contributed by atoms with Crippen LogP contribution in [0.25, 0.3) is 12.2 Å². The van der Waals surface area contributed by atoms with Gasteiger partial charge < -0.3 is 9.80 Å². The zero-order valence-electron chi connectivity index (χ0n) is 23.5. The van der Waals surface area contributed by atoms with Gasteiger partial charge in [0.05, 0.1) is 16.3 Å². The third-order valence-electron chi connectivity index (χ3n) is 7.71. The van der Waals surface area contributed by atoms with E-state index in [1.807, 2.05) is 55.1 Å². The Morgan fingerprint density at radius 2 is 1.43 bits per heavy atom. The van der Waals surface area contributed by atoms with E-state index in [1.54, 1.807) is 0 Å². The van der Waals surface area contributed by atoms with Gasteiger partial charge in [-0.1, -0.05) is 65.9 Å². The van der Waals surface area contributed by atoms with E-state index in [-0.39, 0.29) is 11.6 Å². The number of nitrogens with zero attached hydrogens (tertiary/aromatic N) is 4. The fourth-order valence-electron chi connectivity index (χ4n) is 5.58. The minimum Gasteiger partial charge on any atom is -0.378 e. The molecule has 0 saturated carbocycles. The standard InChI is InChI=1S/C34H34N4OS/c1-36(2)27-17-13-24(14-18-27)21-26-11-8-12-29-31(26)35-34-38(32(29)25-15-19-28(20-16-25)37(3)4)33(39)30(40-34)22-23-9-6-5-7-10-23/h5-7,9-10,13-22,32H,8,11-12H2,1-4H3/b26-21+,30-22-. The summed E-state index contributed by atoms with van der Waals surface area (Å²) in [7, 11) is 8.21. The van der Waals surface area contributed by atoms with Crippen molar-refractivity contribution in [1.82, 2.24) is 4.57 Å².